The summed E-state index contributed by atoms with van der Waals surface area (Å²) < 4.78 is 5.47. The molecule has 0 radical (unpaired) electrons. The number of fused-ring (bicyclic) bond motifs is 4. The minimum absolute atomic E-state index is 0.00315. The van der Waals surface area contributed by atoms with E-state index in [1.165, 1.54) is 17.6 Å². The fourth-order valence-corrected chi connectivity index (χ4v) is 4.10. The van der Waals surface area contributed by atoms with Gasteiger partial charge in [-0.05, 0) is 42.7 Å². The molecule has 1 heterocycles. The van der Waals surface area contributed by atoms with Crippen molar-refractivity contribution in [1.29, 1.82) is 0 Å². The summed E-state index contributed by atoms with van der Waals surface area (Å²) in [6.45, 7) is 8.44. The zero-order chi connectivity index (χ0) is 11.9. The second-order valence-corrected chi connectivity index (χ2v) is 6.13. The molecule has 0 amide bonds. The van der Waals surface area contributed by atoms with Crippen LogP contribution < -0.4 is 0 Å². The number of carbonyl (C=O) groups excluding carboxylic acids is 1. The first-order valence-electron chi connectivity index (χ1n) is 6.35. The van der Waals surface area contributed by atoms with Crippen LogP contribution in [0.5, 0.6) is 0 Å². The van der Waals surface area contributed by atoms with Gasteiger partial charge in [0.2, 0.25) is 0 Å². The van der Waals surface area contributed by atoms with Crippen molar-refractivity contribution in [3.05, 3.63) is 34.9 Å². The van der Waals surface area contributed by atoms with E-state index in [0.29, 0.717) is 5.92 Å². The largest absolute Gasteiger partial charge is 0.454 e. The Balaban J connectivity index is 1.89. The Morgan fingerprint density at radius 2 is 2.29 bits per heavy atom. The fourth-order valence-electron chi connectivity index (χ4n) is 4.10. The van der Waals surface area contributed by atoms with Crippen molar-refractivity contribution in [3.8, 4) is 0 Å². The van der Waals surface area contributed by atoms with Gasteiger partial charge in [-0.15, -0.1) is 0 Å². The molecule has 17 heavy (non-hydrogen) atoms. The van der Waals surface area contributed by atoms with Gasteiger partial charge in [0.05, 0.1) is 0 Å². The molecule has 0 bridgehead atoms. The van der Waals surface area contributed by atoms with Crippen molar-refractivity contribution in [3.63, 3.8) is 0 Å². The average Bonchev–Trinajstić information content (AvgIpc) is 2.99. The van der Waals surface area contributed by atoms with E-state index in [4.69, 9.17) is 4.74 Å². The van der Waals surface area contributed by atoms with E-state index in [1.807, 2.05) is 6.92 Å². The first kappa shape index (κ1) is 9.69. The molecule has 4 aliphatic rings. The molecule has 0 spiro atoms. The SMILES string of the molecule is C=C1C2=CC3=C(C)C(=O)O[C@@H]3C[C@]2(C)[C@@H]2C[C@H]12. The van der Waals surface area contributed by atoms with Gasteiger partial charge in [-0.25, -0.2) is 4.79 Å². The van der Waals surface area contributed by atoms with Gasteiger partial charge < -0.3 is 4.74 Å². The number of carbonyl (C=O) groups is 1. The Labute approximate surface area is 101 Å². The van der Waals surface area contributed by atoms with E-state index in [-0.39, 0.29) is 17.5 Å². The van der Waals surface area contributed by atoms with Crippen LogP contribution in [0, 0.1) is 17.3 Å². The van der Waals surface area contributed by atoms with Gasteiger partial charge in [0.15, 0.2) is 0 Å². The minimum atomic E-state index is -0.136. The molecule has 2 saturated carbocycles. The maximum Gasteiger partial charge on any atom is 0.334 e. The van der Waals surface area contributed by atoms with Gasteiger partial charge in [0, 0.05) is 16.6 Å². The summed E-state index contributed by atoms with van der Waals surface area (Å²) in [4.78, 5) is 11.6. The Morgan fingerprint density at radius 1 is 1.53 bits per heavy atom. The molecule has 0 aromatic carbocycles. The van der Waals surface area contributed by atoms with E-state index in [2.05, 4.69) is 19.6 Å². The summed E-state index contributed by atoms with van der Waals surface area (Å²) in [5, 5.41) is 0. The number of esters is 1. The van der Waals surface area contributed by atoms with Crippen LogP contribution >= 0.6 is 0 Å². The fraction of sp³-hybridized carbons (Fsp3) is 0.533. The Hall–Kier alpha value is -1.31. The Kier molecular flexibility index (Phi) is 1.47. The smallest absolute Gasteiger partial charge is 0.334 e. The molecule has 2 nitrogen and oxygen atoms in total. The number of allylic oxidation sites excluding steroid dienone is 2. The molecule has 4 rings (SSSR count). The van der Waals surface area contributed by atoms with Crippen molar-refractivity contribution < 1.29 is 9.53 Å². The highest BCUT2D eigenvalue weighted by Crippen LogP contribution is 2.70. The highest BCUT2D eigenvalue weighted by molar-refractivity contribution is 5.93. The first-order valence-corrected chi connectivity index (χ1v) is 6.35. The van der Waals surface area contributed by atoms with E-state index < -0.39 is 0 Å². The van der Waals surface area contributed by atoms with Crippen molar-refractivity contribution in [1.82, 2.24) is 0 Å². The van der Waals surface area contributed by atoms with Crippen LogP contribution in [0.3, 0.4) is 0 Å². The van der Waals surface area contributed by atoms with Gasteiger partial charge in [-0.2, -0.15) is 0 Å². The second-order valence-electron chi connectivity index (χ2n) is 6.13. The predicted molar refractivity (Wildman–Crippen MR) is 64.1 cm³/mol. The minimum Gasteiger partial charge on any atom is -0.454 e. The van der Waals surface area contributed by atoms with Gasteiger partial charge in [-0.3, -0.25) is 0 Å². The van der Waals surface area contributed by atoms with Gasteiger partial charge >= 0.3 is 5.97 Å². The van der Waals surface area contributed by atoms with Gasteiger partial charge in [0.25, 0.3) is 0 Å². The average molecular weight is 228 g/mol. The van der Waals surface area contributed by atoms with E-state index in [0.717, 1.165) is 23.5 Å². The quantitative estimate of drug-likeness (QED) is 0.596. The molecular formula is C15H16O2. The van der Waals surface area contributed by atoms with E-state index >= 15 is 0 Å². The number of hydrogen-bond donors (Lipinski definition) is 0. The van der Waals surface area contributed by atoms with Crippen LogP contribution in [-0.4, -0.2) is 12.1 Å². The van der Waals surface area contributed by atoms with Gasteiger partial charge in [0.1, 0.15) is 6.10 Å². The first-order chi connectivity index (χ1) is 8.02. The molecule has 0 unspecified atom stereocenters. The molecule has 0 aromatic rings. The lowest BCUT2D eigenvalue weighted by Crippen LogP contribution is -2.30. The monoisotopic (exact) mass is 228 g/mol. The molecule has 0 aromatic heterocycles. The van der Waals surface area contributed by atoms with Crippen LogP contribution in [-0.2, 0) is 9.53 Å². The van der Waals surface area contributed by atoms with E-state index in [1.54, 1.807) is 0 Å². The topological polar surface area (TPSA) is 26.3 Å². The van der Waals surface area contributed by atoms with Crippen molar-refractivity contribution in [2.24, 2.45) is 17.3 Å². The van der Waals surface area contributed by atoms with Crippen LogP contribution in [0.15, 0.2) is 34.9 Å². The van der Waals surface area contributed by atoms with Crippen LogP contribution in [0.2, 0.25) is 0 Å². The maximum atomic E-state index is 11.6. The highest BCUT2D eigenvalue weighted by atomic mass is 16.5. The second kappa shape index (κ2) is 2.58. The summed E-state index contributed by atoms with van der Waals surface area (Å²) in [5.74, 6) is 1.33. The van der Waals surface area contributed by atoms with Crippen LogP contribution in [0.4, 0.5) is 0 Å². The number of rotatable bonds is 0. The van der Waals surface area contributed by atoms with Crippen molar-refractivity contribution in [2.45, 2.75) is 32.8 Å². The summed E-state index contributed by atoms with van der Waals surface area (Å²) in [6, 6.07) is 0. The van der Waals surface area contributed by atoms with Crippen LogP contribution in [0.25, 0.3) is 0 Å². The Morgan fingerprint density at radius 3 is 3.06 bits per heavy atom. The summed E-state index contributed by atoms with van der Waals surface area (Å²) >= 11 is 0. The zero-order valence-corrected chi connectivity index (χ0v) is 10.2. The number of ether oxygens (including phenoxy) is 1. The lowest BCUT2D eigenvalue weighted by molar-refractivity contribution is -0.140. The molecule has 88 valence electrons. The van der Waals surface area contributed by atoms with E-state index in [9.17, 15) is 4.79 Å². The third-order valence-corrected chi connectivity index (χ3v) is 5.26. The maximum absolute atomic E-state index is 11.6. The predicted octanol–water partition coefficient (Wildman–Crippen LogP) is 2.77. The third kappa shape index (κ3) is 0.958. The summed E-state index contributed by atoms with van der Waals surface area (Å²) in [6.07, 6.45) is 4.44. The molecule has 2 fully saturated rings. The lowest BCUT2D eigenvalue weighted by Gasteiger charge is -2.36. The molecule has 1 aliphatic heterocycles. The normalized spacial score (nSPS) is 46.2. The molecule has 0 saturated heterocycles. The summed E-state index contributed by atoms with van der Waals surface area (Å²) in [7, 11) is 0. The third-order valence-electron chi connectivity index (χ3n) is 5.26. The van der Waals surface area contributed by atoms with Crippen LogP contribution in [0.1, 0.15) is 26.7 Å². The zero-order valence-electron chi connectivity index (χ0n) is 10.2. The molecule has 0 N–H and O–H groups in total. The Bertz CT molecular complexity index is 537. The van der Waals surface area contributed by atoms with Crippen molar-refractivity contribution >= 4 is 5.97 Å². The summed E-state index contributed by atoms with van der Waals surface area (Å²) in [5.41, 5.74) is 4.81. The molecule has 2 heteroatoms. The standard InChI is InChI=1S/C15H16O2/c1-7-9-4-12(9)15(3)6-13-10(5-11(7)15)8(2)14(16)17-13/h5,9,12-13H,1,4,6H2,2-3H3/t9-,12-,13-,15+/m1/s1. The molecule has 3 aliphatic carbocycles. The van der Waals surface area contributed by atoms with Crippen molar-refractivity contribution in [2.75, 3.05) is 0 Å². The lowest BCUT2D eigenvalue weighted by atomic mass is 9.70. The highest BCUT2D eigenvalue weighted by Gasteiger charge is 2.62. The molecular weight excluding hydrogens is 212 g/mol. The van der Waals surface area contributed by atoms with Gasteiger partial charge in [-0.1, -0.05) is 19.6 Å². The molecule has 4 atom stereocenters. The number of hydrogen-bond acceptors (Lipinski definition) is 2.